The van der Waals surface area contributed by atoms with Crippen molar-refractivity contribution in [3.63, 3.8) is 0 Å². The fourth-order valence-corrected chi connectivity index (χ4v) is 2.82. The van der Waals surface area contributed by atoms with Crippen LogP contribution in [0.1, 0.15) is 16.9 Å². The largest absolute Gasteiger partial charge is 0.468 e. The van der Waals surface area contributed by atoms with Gasteiger partial charge in [0.15, 0.2) is 0 Å². The van der Waals surface area contributed by atoms with Gasteiger partial charge in [0.25, 0.3) is 0 Å². The van der Waals surface area contributed by atoms with E-state index in [4.69, 9.17) is 9.52 Å². The Kier molecular flexibility index (Phi) is 4.81. The van der Waals surface area contributed by atoms with E-state index in [0.29, 0.717) is 11.3 Å². The zero-order valence-corrected chi connectivity index (χ0v) is 12.3. The summed E-state index contributed by atoms with van der Waals surface area (Å²) in [6, 6.07) is 8.05. The molecule has 2 rings (SSSR count). The fourth-order valence-electron chi connectivity index (χ4n) is 1.74. The second-order valence-corrected chi connectivity index (χ2v) is 6.11. The van der Waals surface area contributed by atoms with Gasteiger partial charge in [-0.15, -0.1) is 0 Å². The minimum atomic E-state index is -3.60. The Bertz CT molecular complexity index is 768. The molecule has 0 radical (unpaired) electrons. The predicted octanol–water partition coefficient (Wildman–Crippen LogP) is 1.41. The Morgan fingerprint density at radius 1 is 1.33 bits per heavy atom. The van der Waals surface area contributed by atoms with Gasteiger partial charge in [-0.1, -0.05) is 11.8 Å². The zero-order valence-electron chi connectivity index (χ0n) is 11.5. The van der Waals surface area contributed by atoms with Crippen LogP contribution < -0.4 is 4.72 Å². The van der Waals surface area contributed by atoms with Crippen LogP contribution in [0.15, 0.2) is 45.9 Å². The maximum atomic E-state index is 12.2. The number of sulfonamides is 1. The Morgan fingerprint density at radius 3 is 2.76 bits per heavy atom. The van der Waals surface area contributed by atoms with Crippen LogP contribution in [-0.4, -0.2) is 20.1 Å². The van der Waals surface area contributed by atoms with Crippen molar-refractivity contribution in [2.24, 2.45) is 0 Å². The van der Waals surface area contributed by atoms with Crippen LogP contribution in [0.25, 0.3) is 0 Å². The molecule has 0 fully saturated rings. The van der Waals surface area contributed by atoms with E-state index < -0.39 is 10.0 Å². The number of hydrogen-bond acceptors (Lipinski definition) is 4. The second kappa shape index (κ2) is 6.59. The van der Waals surface area contributed by atoms with Gasteiger partial charge in [0.1, 0.15) is 12.4 Å². The van der Waals surface area contributed by atoms with E-state index in [1.165, 1.54) is 12.3 Å². The van der Waals surface area contributed by atoms with Gasteiger partial charge >= 0.3 is 0 Å². The van der Waals surface area contributed by atoms with E-state index >= 15 is 0 Å². The lowest BCUT2D eigenvalue weighted by Gasteiger charge is -2.07. The first-order valence-electron chi connectivity index (χ1n) is 6.25. The lowest BCUT2D eigenvalue weighted by molar-refractivity contribution is 0.350. The molecule has 0 saturated carbocycles. The number of nitrogens with one attached hydrogen (secondary N) is 1. The van der Waals surface area contributed by atoms with Gasteiger partial charge in [-0.2, -0.15) is 0 Å². The van der Waals surface area contributed by atoms with Gasteiger partial charge in [-0.25, -0.2) is 13.1 Å². The van der Waals surface area contributed by atoms with E-state index in [1.54, 1.807) is 31.2 Å². The summed E-state index contributed by atoms with van der Waals surface area (Å²) in [6.07, 6.45) is 1.49. The molecule has 0 aliphatic rings. The number of aliphatic hydroxyl groups is 1. The number of aliphatic hydroxyl groups excluding tert-OH is 1. The van der Waals surface area contributed by atoms with E-state index in [1.807, 2.05) is 0 Å². The van der Waals surface area contributed by atoms with Crippen LogP contribution in [0.2, 0.25) is 0 Å². The molecular formula is C15H15NO4S. The lowest BCUT2D eigenvalue weighted by Crippen LogP contribution is -2.23. The van der Waals surface area contributed by atoms with E-state index in [-0.39, 0.29) is 18.0 Å². The van der Waals surface area contributed by atoms with E-state index in [9.17, 15) is 8.42 Å². The zero-order chi connectivity index (χ0) is 15.3. The van der Waals surface area contributed by atoms with Crippen LogP contribution in [0.4, 0.5) is 0 Å². The highest BCUT2D eigenvalue weighted by Gasteiger charge is 2.15. The number of furan rings is 1. The summed E-state index contributed by atoms with van der Waals surface area (Å²) < 4.78 is 31.9. The summed E-state index contributed by atoms with van der Waals surface area (Å²) in [5.41, 5.74) is 1.42. The molecule has 21 heavy (non-hydrogen) atoms. The highest BCUT2D eigenvalue weighted by Crippen LogP contribution is 2.15. The van der Waals surface area contributed by atoms with Crippen LogP contribution in [0.3, 0.4) is 0 Å². The van der Waals surface area contributed by atoms with Crippen molar-refractivity contribution in [3.8, 4) is 11.8 Å². The summed E-state index contributed by atoms with van der Waals surface area (Å²) >= 11 is 0. The standard InChI is InChI=1S/C15H15NO4S/c1-12-10-15(7-6-13(12)4-2-8-17)21(18,19)16-11-14-5-3-9-20-14/h3,5-7,9-10,16-17H,8,11H2,1H3. The van der Waals surface area contributed by atoms with E-state index in [2.05, 4.69) is 16.6 Å². The first-order valence-corrected chi connectivity index (χ1v) is 7.73. The molecule has 0 bridgehead atoms. The molecule has 2 N–H and O–H groups in total. The molecule has 6 heteroatoms. The Balaban J connectivity index is 2.18. The number of rotatable bonds is 4. The highest BCUT2D eigenvalue weighted by molar-refractivity contribution is 7.89. The highest BCUT2D eigenvalue weighted by atomic mass is 32.2. The minimum Gasteiger partial charge on any atom is -0.468 e. The molecule has 0 saturated heterocycles. The first-order chi connectivity index (χ1) is 10.0. The summed E-state index contributed by atoms with van der Waals surface area (Å²) in [6.45, 7) is 1.64. The molecule has 2 aromatic rings. The van der Waals surface area contributed by atoms with Gasteiger partial charge in [0.2, 0.25) is 10.0 Å². The van der Waals surface area contributed by atoms with Crippen LogP contribution in [0.5, 0.6) is 0 Å². The van der Waals surface area contributed by atoms with Gasteiger partial charge in [0.05, 0.1) is 17.7 Å². The molecule has 0 amide bonds. The average molecular weight is 305 g/mol. The normalized spacial score (nSPS) is 11.0. The van der Waals surface area contributed by atoms with Crippen molar-refractivity contribution >= 4 is 10.0 Å². The van der Waals surface area contributed by atoms with Crippen LogP contribution in [0, 0.1) is 18.8 Å². The molecule has 1 heterocycles. The second-order valence-electron chi connectivity index (χ2n) is 4.34. The monoisotopic (exact) mass is 305 g/mol. The number of aryl methyl sites for hydroxylation is 1. The molecule has 1 aromatic heterocycles. The Hall–Kier alpha value is -2.07. The third kappa shape index (κ3) is 3.95. The van der Waals surface area contributed by atoms with Crippen LogP contribution in [-0.2, 0) is 16.6 Å². The first kappa shape index (κ1) is 15.3. The van der Waals surface area contributed by atoms with Crippen molar-refractivity contribution in [2.45, 2.75) is 18.4 Å². The number of hydrogen-bond donors (Lipinski definition) is 2. The maximum absolute atomic E-state index is 12.2. The third-order valence-corrected chi connectivity index (χ3v) is 4.23. The van der Waals surface area contributed by atoms with Crippen molar-refractivity contribution in [2.75, 3.05) is 6.61 Å². The molecule has 0 aliphatic heterocycles. The molecule has 0 unspecified atom stereocenters. The van der Waals surface area contributed by atoms with Crippen molar-refractivity contribution in [1.29, 1.82) is 0 Å². The molecule has 110 valence electrons. The topological polar surface area (TPSA) is 79.5 Å². The molecular weight excluding hydrogens is 290 g/mol. The Morgan fingerprint density at radius 2 is 2.14 bits per heavy atom. The summed E-state index contributed by atoms with van der Waals surface area (Å²) in [5.74, 6) is 5.84. The quantitative estimate of drug-likeness (QED) is 0.837. The predicted molar refractivity (Wildman–Crippen MR) is 77.9 cm³/mol. The van der Waals surface area contributed by atoms with E-state index in [0.717, 1.165) is 5.56 Å². The third-order valence-electron chi connectivity index (χ3n) is 2.83. The summed E-state index contributed by atoms with van der Waals surface area (Å²) in [4.78, 5) is 0.168. The van der Waals surface area contributed by atoms with Crippen LogP contribution >= 0.6 is 0 Å². The summed E-state index contributed by atoms with van der Waals surface area (Å²) in [5, 5.41) is 8.67. The average Bonchev–Trinajstić information content (AvgIpc) is 2.97. The van der Waals surface area contributed by atoms with Gasteiger partial charge in [-0.3, -0.25) is 0 Å². The molecule has 0 aliphatic carbocycles. The van der Waals surface area contributed by atoms with Gasteiger partial charge < -0.3 is 9.52 Å². The molecule has 5 nitrogen and oxygen atoms in total. The molecule has 0 spiro atoms. The SMILES string of the molecule is Cc1cc(S(=O)(=O)NCc2ccco2)ccc1C#CCO. The maximum Gasteiger partial charge on any atom is 0.240 e. The minimum absolute atomic E-state index is 0.0977. The van der Waals surface area contributed by atoms with Gasteiger partial charge in [0, 0.05) is 5.56 Å². The fraction of sp³-hybridized carbons (Fsp3) is 0.200. The summed E-state index contributed by atoms with van der Waals surface area (Å²) in [7, 11) is -3.60. The molecule has 1 aromatic carbocycles. The lowest BCUT2D eigenvalue weighted by atomic mass is 10.1. The van der Waals surface area contributed by atoms with Crippen molar-refractivity contribution in [1.82, 2.24) is 4.72 Å². The number of benzene rings is 1. The smallest absolute Gasteiger partial charge is 0.240 e. The van der Waals surface area contributed by atoms with Crippen molar-refractivity contribution in [3.05, 3.63) is 53.5 Å². The van der Waals surface area contributed by atoms with Crippen molar-refractivity contribution < 1.29 is 17.9 Å². The Labute approximate surface area is 123 Å². The molecule has 0 atom stereocenters. The van der Waals surface area contributed by atoms with Gasteiger partial charge in [-0.05, 0) is 42.8 Å².